The van der Waals surface area contributed by atoms with E-state index >= 15 is 0 Å². The number of carbonyl (C=O) groups excluding carboxylic acids is 1. The number of nitrogens with one attached hydrogen (secondary N) is 1. The Morgan fingerprint density at radius 2 is 1.82 bits per heavy atom. The van der Waals surface area contributed by atoms with Gasteiger partial charge in [-0.2, -0.15) is 5.26 Å². The monoisotopic (exact) mass is 453 g/mol. The molecule has 0 aromatic heterocycles. The topological polar surface area (TPSA) is 65.4 Å². The second-order valence-corrected chi connectivity index (χ2v) is 8.82. The zero-order chi connectivity index (χ0) is 23.8. The summed E-state index contributed by atoms with van der Waals surface area (Å²) >= 11 is 0. The Morgan fingerprint density at radius 3 is 2.47 bits per heavy atom. The summed E-state index contributed by atoms with van der Waals surface area (Å²) in [4.78, 5) is 13.7. The average molecular weight is 454 g/mol. The molecular formula is C29H31N3O2. The maximum absolute atomic E-state index is 11.3. The van der Waals surface area contributed by atoms with Crippen molar-refractivity contribution in [1.82, 2.24) is 0 Å². The molecule has 4 rings (SSSR count). The molecule has 174 valence electrons. The molecule has 1 fully saturated rings. The van der Waals surface area contributed by atoms with Crippen LogP contribution < -0.4 is 10.2 Å². The quantitative estimate of drug-likeness (QED) is 0.402. The molecule has 3 aromatic rings. The molecule has 0 bridgehead atoms. The van der Waals surface area contributed by atoms with Gasteiger partial charge >= 0.3 is 0 Å². The molecule has 1 N–H and O–H groups in total. The Labute approximate surface area is 202 Å². The van der Waals surface area contributed by atoms with E-state index in [9.17, 15) is 4.79 Å². The molecule has 0 radical (unpaired) electrons. The summed E-state index contributed by atoms with van der Waals surface area (Å²) in [6, 6.07) is 26.9. The van der Waals surface area contributed by atoms with Crippen LogP contribution in [0, 0.1) is 11.3 Å². The molecule has 0 aliphatic carbocycles. The summed E-state index contributed by atoms with van der Waals surface area (Å²) in [7, 11) is 1.67. The van der Waals surface area contributed by atoms with Crippen LogP contribution in [-0.2, 0) is 9.53 Å². The number of carbonyl (C=O) groups is 1. The number of rotatable bonds is 9. The first-order valence-electron chi connectivity index (χ1n) is 11.9. The van der Waals surface area contributed by atoms with Gasteiger partial charge < -0.3 is 19.7 Å². The fourth-order valence-corrected chi connectivity index (χ4v) is 4.76. The summed E-state index contributed by atoms with van der Waals surface area (Å²) in [6.45, 7) is 2.46. The van der Waals surface area contributed by atoms with Crippen molar-refractivity contribution in [2.75, 3.05) is 37.0 Å². The van der Waals surface area contributed by atoms with E-state index in [1.165, 1.54) is 5.56 Å². The third kappa shape index (κ3) is 5.65. The highest BCUT2D eigenvalue weighted by molar-refractivity contribution is 5.77. The molecule has 1 aliphatic heterocycles. The first-order chi connectivity index (χ1) is 16.7. The van der Waals surface area contributed by atoms with Crippen molar-refractivity contribution in [2.24, 2.45) is 0 Å². The van der Waals surface area contributed by atoms with Gasteiger partial charge in [-0.1, -0.05) is 36.4 Å². The molecule has 5 nitrogen and oxygen atoms in total. The molecule has 1 unspecified atom stereocenters. The fourth-order valence-electron chi connectivity index (χ4n) is 4.76. The third-order valence-corrected chi connectivity index (χ3v) is 6.64. The largest absolute Gasteiger partial charge is 0.384 e. The third-order valence-electron chi connectivity index (χ3n) is 6.64. The highest BCUT2D eigenvalue weighted by atomic mass is 16.5. The number of piperidine rings is 1. The van der Waals surface area contributed by atoms with E-state index in [0.29, 0.717) is 24.5 Å². The minimum atomic E-state index is 0.0156. The highest BCUT2D eigenvalue weighted by Gasteiger charge is 2.23. The highest BCUT2D eigenvalue weighted by Crippen LogP contribution is 2.37. The standard InChI is InChI=1S/C29H31N3O2/c1-34-21-26(15-18-33)25-9-12-29(28(19-25)31-27-10-7-22(20-30)8-11-27)32-16-13-24(14-17-32)23-5-3-2-4-6-23/h2-12,18-19,24,26,31H,13-17,21H2,1H3. The minimum Gasteiger partial charge on any atom is -0.384 e. The number of ether oxygens (including phenoxy) is 1. The van der Waals surface area contributed by atoms with Gasteiger partial charge in [0.2, 0.25) is 0 Å². The number of nitriles is 1. The number of nitrogens with zero attached hydrogens (tertiary/aromatic N) is 2. The molecule has 0 amide bonds. The first kappa shape index (κ1) is 23.5. The lowest BCUT2D eigenvalue weighted by Gasteiger charge is -2.35. The van der Waals surface area contributed by atoms with Crippen molar-refractivity contribution in [1.29, 1.82) is 5.26 Å². The molecule has 1 atom stereocenters. The Morgan fingerprint density at radius 1 is 1.09 bits per heavy atom. The van der Waals surface area contributed by atoms with Crippen molar-refractivity contribution in [2.45, 2.75) is 31.1 Å². The van der Waals surface area contributed by atoms with Crippen LogP contribution in [0.4, 0.5) is 17.1 Å². The summed E-state index contributed by atoms with van der Waals surface area (Å²) in [5, 5.41) is 12.7. The molecule has 1 heterocycles. The summed E-state index contributed by atoms with van der Waals surface area (Å²) in [6.07, 6.45) is 3.60. The predicted octanol–water partition coefficient (Wildman–Crippen LogP) is 6.00. The fraction of sp³-hybridized carbons (Fsp3) is 0.310. The Bertz CT molecular complexity index is 1110. The van der Waals surface area contributed by atoms with E-state index in [1.807, 2.05) is 24.3 Å². The van der Waals surface area contributed by atoms with E-state index < -0.39 is 0 Å². The molecule has 1 aliphatic rings. The lowest BCUT2D eigenvalue weighted by Crippen LogP contribution is -2.33. The van der Waals surface area contributed by atoms with Gasteiger partial charge in [-0.15, -0.1) is 0 Å². The van der Waals surface area contributed by atoms with Crippen molar-refractivity contribution >= 4 is 23.3 Å². The van der Waals surface area contributed by atoms with Gasteiger partial charge in [0.05, 0.1) is 29.6 Å². The summed E-state index contributed by atoms with van der Waals surface area (Å²) in [5.74, 6) is 0.604. The Balaban J connectivity index is 1.60. The molecule has 5 heteroatoms. The van der Waals surface area contributed by atoms with Crippen LogP contribution in [0.1, 0.15) is 47.8 Å². The van der Waals surface area contributed by atoms with Gasteiger partial charge in [-0.05, 0) is 66.3 Å². The van der Waals surface area contributed by atoms with E-state index in [4.69, 9.17) is 10.00 Å². The van der Waals surface area contributed by atoms with Crippen LogP contribution in [0.5, 0.6) is 0 Å². The zero-order valence-corrected chi connectivity index (χ0v) is 19.6. The van der Waals surface area contributed by atoms with E-state index in [1.54, 1.807) is 7.11 Å². The maximum atomic E-state index is 11.3. The van der Waals surface area contributed by atoms with Crippen LogP contribution in [0.2, 0.25) is 0 Å². The lowest BCUT2D eigenvalue weighted by molar-refractivity contribution is -0.108. The molecule has 3 aromatic carbocycles. The van der Waals surface area contributed by atoms with Gasteiger partial charge in [0.25, 0.3) is 0 Å². The number of anilines is 3. The number of benzene rings is 3. The summed E-state index contributed by atoms with van der Waals surface area (Å²) in [5.41, 5.74) is 6.22. The van der Waals surface area contributed by atoms with Crippen LogP contribution in [0.15, 0.2) is 72.8 Å². The number of hydrogen-bond donors (Lipinski definition) is 1. The number of methoxy groups -OCH3 is 1. The van der Waals surface area contributed by atoms with Crippen LogP contribution >= 0.6 is 0 Å². The molecule has 1 saturated heterocycles. The van der Waals surface area contributed by atoms with Crippen molar-refractivity contribution in [3.8, 4) is 6.07 Å². The number of hydrogen-bond acceptors (Lipinski definition) is 5. The second-order valence-electron chi connectivity index (χ2n) is 8.82. The molecule has 34 heavy (non-hydrogen) atoms. The average Bonchev–Trinajstić information content (AvgIpc) is 2.90. The molecule has 0 saturated carbocycles. The van der Waals surface area contributed by atoms with Crippen molar-refractivity contribution in [3.63, 3.8) is 0 Å². The minimum absolute atomic E-state index is 0.0156. The zero-order valence-electron chi connectivity index (χ0n) is 19.6. The molecular weight excluding hydrogens is 422 g/mol. The second kappa shape index (κ2) is 11.5. The SMILES string of the molecule is COCC(CC=O)c1ccc(N2CCC(c3ccccc3)CC2)c(Nc2ccc(C#N)cc2)c1. The maximum Gasteiger partial charge on any atom is 0.120 e. The van der Waals surface area contributed by atoms with Crippen molar-refractivity contribution in [3.05, 3.63) is 89.5 Å². The Hall–Kier alpha value is -3.62. The van der Waals surface area contributed by atoms with Crippen LogP contribution in [0.25, 0.3) is 0 Å². The van der Waals surface area contributed by atoms with Gasteiger partial charge in [-0.25, -0.2) is 0 Å². The van der Waals surface area contributed by atoms with Gasteiger partial charge in [-0.3, -0.25) is 0 Å². The Kier molecular flexibility index (Phi) is 7.95. The van der Waals surface area contributed by atoms with E-state index in [0.717, 1.165) is 54.8 Å². The smallest absolute Gasteiger partial charge is 0.120 e. The first-order valence-corrected chi connectivity index (χ1v) is 11.9. The lowest BCUT2D eigenvalue weighted by atomic mass is 9.89. The normalized spacial score (nSPS) is 14.9. The van der Waals surface area contributed by atoms with E-state index in [2.05, 4.69) is 64.8 Å². The van der Waals surface area contributed by atoms with Crippen molar-refractivity contribution < 1.29 is 9.53 Å². The van der Waals surface area contributed by atoms with Gasteiger partial charge in [0, 0.05) is 38.2 Å². The van der Waals surface area contributed by atoms with Crippen LogP contribution in [-0.4, -0.2) is 33.1 Å². The van der Waals surface area contributed by atoms with Gasteiger partial charge in [0.1, 0.15) is 6.29 Å². The van der Waals surface area contributed by atoms with Crippen LogP contribution in [0.3, 0.4) is 0 Å². The molecule has 0 spiro atoms. The predicted molar refractivity (Wildman–Crippen MR) is 137 cm³/mol. The van der Waals surface area contributed by atoms with Gasteiger partial charge in [0.15, 0.2) is 0 Å². The van der Waals surface area contributed by atoms with E-state index in [-0.39, 0.29) is 5.92 Å². The number of aldehydes is 1. The summed E-state index contributed by atoms with van der Waals surface area (Å²) < 4.78 is 5.37.